The third-order valence-corrected chi connectivity index (χ3v) is 9.56. The molecule has 1 aromatic rings. The average molecular weight is 487 g/mol. The van der Waals surface area contributed by atoms with E-state index in [9.17, 15) is 4.79 Å². The lowest BCUT2D eigenvalue weighted by Crippen LogP contribution is -2.53. The number of hydrazone groups is 1. The average Bonchev–Trinajstić information content (AvgIpc) is 3.12. The van der Waals surface area contributed by atoms with Gasteiger partial charge in [-0.25, -0.2) is 4.79 Å². The monoisotopic (exact) mass is 486 g/mol. The summed E-state index contributed by atoms with van der Waals surface area (Å²) in [6, 6.07) is 10.5. The molecule has 0 spiro atoms. The molecule has 34 heavy (non-hydrogen) atoms. The summed E-state index contributed by atoms with van der Waals surface area (Å²) in [5.74, 6) is 1.88. The fraction of sp³-hybridized carbons (Fsp3) is 0.714. The Kier molecular flexibility index (Phi) is 8.34. The van der Waals surface area contributed by atoms with E-state index in [1.807, 2.05) is 26.8 Å². The Balaban J connectivity index is 1.94. The highest BCUT2D eigenvalue weighted by Crippen LogP contribution is 2.39. The second-order valence-electron chi connectivity index (χ2n) is 12.8. The minimum absolute atomic E-state index is 0.0190. The van der Waals surface area contributed by atoms with Crippen LogP contribution in [0.25, 0.3) is 0 Å². The van der Waals surface area contributed by atoms with Gasteiger partial charge in [-0.3, -0.25) is 0 Å². The number of hydrogen-bond acceptors (Lipinski definition) is 4. The van der Waals surface area contributed by atoms with E-state index in [0.29, 0.717) is 24.4 Å². The van der Waals surface area contributed by atoms with E-state index in [-0.39, 0.29) is 23.8 Å². The van der Waals surface area contributed by atoms with E-state index in [1.54, 1.807) is 5.01 Å². The van der Waals surface area contributed by atoms with Crippen LogP contribution in [-0.4, -0.2) is 48.9 Å². The van der Waals surface area contributed by atoms with E-state index >= 15 is 0 Å². The van der Waals surface area contributed by atoms with Crippen LogP contribution in [0.1, 0.15) is 72.3 Å². The van der Waals surface area contributed by atoms with Crippen LogP contribution in [-0.2, 0) is 9.47 Å². The molecule has 6 heteroatoms. The van der Waals surface area contributed by atoms with Crippen molar-refractivity contribution in [3.8, 4) is 0 Å². The lowest BCUT2D eigenvalue weighted by Gasteiger charge is -2.38. The Morgan fingerprint density at radius 1 is 1.15 bits per heavy atom. The Morgan fingerprint density at radius 3 is 2.35 bits per heavy atom. The topological polar surface area (TPSA) is 51.1 Å². The van der Waals surface area contributed by atoms with Crippen LogP contribution in [0.4, 0.5) is 4.79 Å². The summed E-state index contributed by atoms with van der Waals surface area (Å²) in [6.07, 6.45) is 3.48. The second-order valence-corrected chi connectivity index (χ2v) is 18.1. The first-order valence-corrected chi connectivity index (χ1v) is 16.6. The van der Waals surface area contributed by atoms with E-state index < -0.39 is 13.7 Å². The first-order valence-electron chi connectivity index (χ1n) is 13.0. The van der Waals surface area contributed by atoms with Gasteiger partial charge in [-0.1, -0.05) is 77.2 Å². The third kappa shape index (κ3) is 6.51. The highest BCUT2D eigenvalue weighted by atomic mass is 28.3. The van der Waals surface area contributed by atoms with Gasteiger partial charge in [0.2, 0.25) is 0 Å². The van der Waals surface area contributed by atoms with Crippen LogP contribution >= 0.6 is 0 Å². The largest absolute Gasteiger partial charge is 0.442 e. The van der Waals surface area contributed by atoms with Gasteiger partial charge < -0.3 is 9.47 Å². The van der Waals surface area contributed by atoms with Crippen molar-refractivity contribution in [2.24, 2.45) is 22.9 Å². The van der Waals surface area contributed by atoms with Crippen molar-refractivity contribution in [1.29, 1.82) is 0 Å². The van der Waals surface area contributed by atoms with Crippen molar-refractivity contribution in [3.63, 3.8) is 0 Å². The van der Waals surface area contributed by atoms with Gasteiger partial charge in [0.05, 0.1) is 32.2 Å². The number of rotatable bonds is 6. The molecular weight excluding hydrogens is 440 g/mol. The molecule has 1 aromatic carbocycles. The van der Waals surface area contributed by atoms with Crippen LogP contribution in [0.2, 0.25) is 19.6 Å². The van der Waals surface area contributed by atoms with Crippen molar-refractivity contribution in [1.82, 2.24) is 5.01 Å². The maximum atomic E-state index is 13.3. The molecule has 1 heterocycles. The van der Waals surface area contributed by atoms with Gasteiger partial charge in [0.25, 0.3) is 0 Å². The van der Waals surface area contributed by atoms with Crippen molar-refractivity contribution in [2.75, 3.05) is 6.61 Å². The zero-order valence-electron chi connectivity index (χ0n) is 22.8. The SMILES string of the molecule is CC(C)[C@@H]1CC[C@@H](C)C[C@H]1OCC1=NN(C(=O)OC(C)(C)C)[C@@H]([Si](C)(C)C)[C@@H]1c1ccccc1. The number of benzene rings is 1. The van der Waals surface area contributed by atoms with Gasteiger partial charge in [-0.15, -0.1) is 0 Å². The molecule has 0 saturated heterocycles. The van der Waals surface area contributed by atoms with Crippen LogP contribution in [0.3, 0.4) is 0 Å². The predicted octanol–water partition coefficient (Wildman–Crippen LogP) is 7.10. The summed E-state index contributed by atoms with van der Waals surface area (Å²) in [5, 5.41) is 6.59. The standard InChI is InChI=1S/C28H46N2O3Si/c1-19(2)22-16-15-20(3)17-24(22)32-18-23-25(21-13-11-10-12-14-21)26(34(7,8)9)30(29-23)27(31)33-28(4,5)6/h10-14,19-20,22,24-26H,15-18H2,1-9H3/t20-,22+,24-,25-,26+/m1/s1. The number of carbonyl (C=O) groups is 1. The summed E-state index contributed by atoms with van der Waals surface area (Å²) >= 11 is 0. The van der Waals surface area contributed by atoms with Crippen LogP contribution < -0.4 is 0 Å². The molecule has 3 rings (SSSR count). The maximum absolute atomic E-state index is 13.3. The fourth-order valence-corrected chi connectivity index (χ4v) is 7.85. The summed E-state index contributed by atoms with van der Waals surface area (Å²) in [6.45, 7) is 20.0. The second kappa shape index (κ2) is 10.5. The van der Waals surface area contributed by atoms with Gasteiger partial charge in [0, 0.05) is 5.92 Å². The van der Waals surface area contributed by atoms with E-state index in [2.05, 4.69) is 64.7 Å². The van der Waals surface area contributed by atoms with Gasteiger partial charge >= 0.3 is 6.09 Å². The van der Waals surface area contributed by atoms with Gasteiger partial charge in [-0.05, 0) is 56.9 Å². The zero-order chi connectivity index (χ0) is 25.3. The van der Waals surface area contributed by atoms with Crippen LogP contribution in [0, 0.1) is 17.8 Å². The molecule has 0 unspecified atom stereocenters. The molecule has 1 fully saturated rings. The normalized spacial score (nSPS) is 28.2. The molecule has 2 aliphatic rings. The van der Waals surface area contributed by atoms with E-state index in [4.69, 9.17) is 14.6 Å². The molecule has 1 saturated carbocycles. The number of hydrogen-bond donors (Lipinski definition) is 0. The summed E-state index contributed by atoms with van der Waals surface area (Å²) in [4.78, 5) is 13.3. The molecule has 1 aliphatic heterocycles. The summed E-state index contributed by atoms with van der Waals surface area (Å²) < 4.78 is 12.5. The molecule has 1 aliphatic carbocycles. The summed E-state index contributed by atoms with van der Waals surface area (Å²) in [7, 11) is -1.87. The first-order chi connectivity index (χ1) is 15.8. The highest BCUT2D eigenvalue weighted by Gasteiger charge is 2.49. The molecule has 0 aromatic heterocycles. The summed E-state index contributed by atoms with van der Waals surface area (Å²) in [5.41, 5.74) is 1.56. The number of nitrogens with zero attached hydrogens (tertiary/aromatic N) is 2. The lowest BCUT2D eigenvalue weighted by atomic mass is 9.75. The Labute approximate surface area is 208 Å². The number of amides is 1. The third-order valence-electron chi connectivity index (χ3n) is 7.21. The first kappa shape index (κ1) is 26.9. The molecule has 190 valence electrons. The quantitative estimate of drug-likeness (QED) is 0.403. The fourth-order valence-electron chi connectivity index (χ4n) is 5.57. The van der Waals surface area contributed by atoms with E-state index in [0.717, 1.165) is 12.1 Å². The number of carbonyl (C=O) groups excluding carboxylic acids is 1. The lowest BCUT2D eigenvalue weighted by molar-refractivity contribution is -0.0224. The molecule has 0 bridgehead atoms. The Bertz CT molecular complexity index is 857. The van der Waals surface area contributed by atoms with Gasteiger partial charge in [0.15, 0.2) is 0 Å². The number of ether oxygens (including phenoxy) is 2. The molecule has 1 amide bonds. The van der Waals surface area contributed by atoms with Crippen molar-refractivity contribution in [2.45, 2.75) is 104 Å². The van der Waals surface area contributed by atoms with Gasteiger partial charge in [-0.2, -0.15) is 10.1 Å². The van der Waals surface area contributed by atoms with E-state index in [1.165, 1.54) is 18.4 Å². The van der Waals surface area contributed by atoms with Crippen LogP contribution in [0.15, 0.2) is 35.4 Å². The van der Waals surface area contributed by atoms with Crippen LogP contribution in [0.5, 0.6) is 0 Å². The van der Waals surface area contributed by atoms with Crippen molar-refractivity contribution >= 4 is 19.9 Å². The van der Waals surface area contributed by atoms with Crippen molar-refractivity contribution < 1.29 is 14.3 Å². The molecule has 0 N–H and O–H groups in total. The predicted molar refractivity (Wildman–Crippen MR) is 143 cm³/mol. The van der Waals surface area contributed by atoms with Crippen molar-refractivity contribution in [3.05, 3.63) is 35.9 Å². The highest BCUT2D eigenvalue weighted by molar-refractivity contribution is 6.78. The Morgan fingerprint density at radius 2 is 1.79 bits per heavy atom. The minimum Gasteiger partial charge on any atom is -0.442 e. The minimum atomic E-state index is -1.87. The molecule has 5 nitrogen and oxygen atoms in total. The Hall–Kier alpha value is -1.66. The molecule has 0 radical (unpaired) electrons. The molecule has 5 atom stereocenters. The zero-order valence-corrected chi connectivity index (χ0v) is 23.8. The molecular formula is C28H46N2O3Si. The van der Waals surface area contributed by atoms with Gasteiger partial charge in [0.1, 0.15) is 5.60 Å². The maximum Gasteiger partial charge on any atom is 0.430 e. The smallest absolute Gasteiger partial charge is 0.430 e.